The molecule has 1 fully saturated rings. The van der Waals surface area contributed by atoms with Gasteiger partial charge < -0.3 is 5.32 Å². The summed E-state index contributed by atoms with van der Waals surface area (Å²) in [6, 6.07) is 7.48. The van der Waals surface area contributed by atoms with Gasteiger partial charge in [0, 0.05) is 32.2 Å². The zero-order valence-electron chi connectivity index (χ0n) is 13.9. The van der Waals surface area contributed by atoms with Crippen LogP contribution in [-0.4, -0.2) is 31.1 Å². The monoisotopic (exact) mass is 332 g/mol. The van der Waals surface area contributed by atoms with Crippen molar-refractivity contribution in [2.24, 2.45) is 5.41 Å². The Hall–Kier alpha value is -0.280. The van der Waals surface area contributed by atoms with Gasteiger partial charge in [-0.1, -0.05) is 39.0 Å². The summed E-state index contributed by atoms with van der Waals surface area (Å²) in [6.07, 6.45) is 0. The highest BCUT2D eigenvalue weighted by Gasteiger charge is 2.32. The van der Waals surface area contributed by atoms with E-state index in [1.165, 1.54) is 16.7 Å². The van der Waals surface area contributed by atoms with E-state index in [1.807, 2.05) is 0 Å². The SMILES string of the molecule is Cc1ccc([C@H](N2CCNCC2)C(C)(C)C)cc1C.Cl.Cl. The van der Waals surface area contributed by atoms with Gasteiger partial charge in [-0.05, 0) is 36.0 Å². The van der Waals surface area contributed by atoms with Crippen molar-refractivity contribution in [1.82, 2.24) is 10.2 Å². The maximum atomic E-state index is 3.45. The third-order valence-corrected chi connectivity index (χ3v) is 4.18. The first-order valence-corrected chi connectivity index (χ1v) is 7.41. The quantitative estimate of drug-likeness (QED) is 0.875. The molecule has 0 aliphatic carbocycles. The van der Waals surface area contributed by atoms with Gasteiger partial charge in [0.2, 0.25) is 0 Å². The van der Waals surface area contributed by atoms with Crippen molar-refractivity contribution >= 4 is 24.8 Å². The van der Waals surface area contributed by atoms with Gasteiger partial charge in [-0.2, -0.15) is 0 Å². The van der Waals surface area contributed by atoms with Gasteiger partial charge in [-0.25, -0.2) is 0 Å². The summed E-state index contributed by atoms with van der Waals surface area (Å²) in [5.74, 6) is 0. The van der Waals surface area contributed by atoms with Crippen LogP contribution in [-0.2, 0) is 0 Å². The molecule has 0 aromatic heterocycles. The largest absolute Gasteiger partial charge is 0.314 e. The van der Waals surface area contributed by atoms with Gasteiger partial charge in [0.05, 0.1) is 0 Å². The molecule has 2 rings (SSSR count). The van der Waals surface area contributed by atoms with Crippen molar-refractivity contribution in [3.63, 3.8) is 0 Å². The Bertz CT molecular complexity index is 435. The second-order valence-corrected chi connectivity index (χ2v) is 6.90. The van der Waals surface area contributed by atoms with Crippen LogP contribution >= 0.6 is 24.8 Å². The third kappa shape index (κ3) is 5.14. The predicted molar refractivity (Wildman–Crippen MR) is 97.1 cm³/mol. The molecule has 21 heavy (non-hydrogen) atoms. The molecular weight excluding hydrogens is 303 g/mol. The molecule has 1 aromatic rings. The Labute approximate surface area is 142 Å². The summed E-state index contributed by atoms with van der Waals surface area (Å²) in [5.41, 5.74) is 4.52. The lowest BCUT2D eigenvalue weighted by Gasteiger charge is -2.42. The fourth-order valence-electron chi connectivity index (χ4n) is 3.13. The molecule has 0 bridgehead atoms. The van der Waals surface area contributed by atoms with E-state index in [-0.39, 0.29) is 30.2 Å². The fraction of sp³-hybridized carbons (Fsp3) is 0.647. The minimum absolute atomic E-state index is 0. The fourth-order valence-corrected chi connectivity index (χ4v) is 3.13. The van der Waals surface area contributed by atoms with Gasteiger partial charge in [-0.15, -0.1) is 24.8 Å². The molecule has 1 atom stereocenters. The van der Waals surface area contributed by atoms with Crippen LogP contribution in [0.4, 0.5) is 0 Å². The first-order chi connectivity index (χ1) is 8.89. The number of rotatable bonds is 2. The Morgan fingerprint density at radius 1 is 1.00 bits per heavy atom. The molecule has 0 amide bonds. The van der Waals surface area contributed by atoms with Crippen LogP contribution in [0.5, 0.6) is 0 Å². The summed E-state index contributed by atoms with van der Waals surface area (Å²) < 4.78 is 0. The number of hydrogen-bond acceptors (Lipinski definition) is 2. The summed E-state index contributed by atoms with van der Waals surface area (Å²) in [4.78, 5) is 2.64. The standard InChI is InChI=1S/C17H28N2.2ClH/c1-13-6-7-15(12-14(13)2)16(17(3,4)5)19-10-8-18-9-11-19;;/h6-7,12,16,18H,8-11H2,1-5H3;2*1H/t16-;;/m0../s1. The van der Waals surface area contributed by atoms with Gasteiger partial charge >= 0.3 is 0 Å². The van der Waals surface area contributed by atoms with Crippen molar-refractivity contribution in [3.05, 3.63) is 34.9 Å². The highest BCUT2D eigenvalue weighted by Crippen LogP contribution is 2.38. The molecular formula is C17H30Cl2N2. The zero-order valence-corrected chi connectivity index (χ0v) is 15.5. The van der Waals surface area contributed by atoms with Crippen molar-refractivity contribution in [3.8, 4) is 0 Å². The number of nitrogens with one attached hydrogen (secondary N) is 1. The second kappa shape index (κ2) is 8.38. The van der Waals surface area contributed by atoms with Crippen LogP contribution in [0.25, 0.3) is 0 Å². The molecule has 1 saturated heterocycles. The lowest BCUT2D eigenvalue weighted by Crippen LogP contribution is -2.48. The number of benzene rings is 1. The normalized spacial score (nSPS) is 17.6. The number of hydrogen-bond donors (Lipinski definition) is 1. The molecule has 122 valence electrons. The minimum atomic E-state index is 0. The molecule has 1 heterocycles. The maximum Gasteiger partial charge on any atom is 0.0397 e. The number of halogens is 2. The van der Waals surface area contributed by atoms with Crippen LogP contribution < -0.4 is 5.32 Å². The lowest BCUT2D eigenvalue weighted by atomic mass is 9.80. The van der Waals surface area contributed by atoms with E-state index in [2.05, 4.69) is 63.0 Å². The molecule has 1 N–H and O–H groups in total. The van der Waals surface area contributed by atoms with Crippen molar-refractivity contribution in [2.75, 3.05) is 26.2 Å². The van der Waals surface area contributed by atoms with E-state index in [0.717, 1.165) is 26.2 Å². The smallest absolute Gasteiger partial charge is 0.0397 e. The zero-order chi connectivity index (χ0) is 14.0. The average molecular weight is 333 g/mol. The molecule has 0 unspecified atom stereocenters. The van der Waals surface area contributed by atoms with Crippen LogP contribution in [0.1, 0.15) is 43.5 Å². The number of aryl methyl sites for hydroxylation is 2. The van der Waals surface area contributed by atoms with E-state index >= 15 is 0 Å². The Balaban J connectivity index is 0.00000200. The Morgan fingerprint density at radius 3 is 2.05 bits per heavy atom. The highest BCUT2D eigenvalue weighted by atomic mass is 35.5. The molecule has 0 saturated carbocycles. The van der Waals surface area contributed by atoms with Crippen LogP contribution in [0, 0.1) is 19.3 Å². The number of nitrogens with zero attached hydrogens (tertiary/aromatic N) is 1. The van der Waals surface area contributed by atoms with E-state index in [1.54, 1.807) is 0 Å². The van der Waals surface area contributed by atoms with Crippen LogP contribution in [0.15, 0.2) is 18.2 Å². The lowest BCUT2D eigenvalue weighted by molar-refractivity contribution is 0.0862. The topological polar surface area (TPSA) is 15.3 Å². The van der Waals surface area contributed by atoms with Crippen molar-refractivity contribution in [1.29, 1.82) is 0 Å². The molecule has 1 aliphatic heterocycles. The molecule has 2 nitrogen and oxygen atoms in total. The van der Waals surface area contributed by atoms with Gasteiger partial charge in [0.25, 0.3) is 0 Å². The Morgan fingerprint density at radius 2 is 1.57 bits per heavy atom. The summed E-state index contributed by atoms with van der Waals surface area (Å²) in [7, 11) is 0. The van der Waals surface area contributed by atoms with Crippen LogP contribution in [0.2, 0.25) is 0 Å². The molecule has 4 heteroatoms. The highest BCUT2D eigenvalue weighted by molar-refractivity contribution is 5.85. The minimum Gasteiger partial charge on any atom is -0.314 e. The van der Waals surface area contributed by atoms with Crippen molar-refractivity contribution in [2.45, 2.75) is 40.7 Å². The maximum absolute atomic E-state index is 3.45. The van der Waals surface area contributed by atoms with Gasteiger partial charge in [0.15, 0.2) is 0 Å². The average Bonchev–Trinajstić information content (AvgIpc) is 2.34. The van der Waals surface area contributed by atoms with E-state index in [4.69, 9.17) is 0 Å². The molecule has 0 spiro atoms. The molecule has 0 radical (unpaired) electrons. The van der Waals surface area contributed by atoms with E-state index < -0.39 is 0 Å². The molecule has 1 aliphatic rings. The number of piperazine rings is 1. The van der Waals surface area contributed by atoms with Crippen LogP contribution in [0.3, 0.4) is 0 Å². The van der Waals surface area contributed by atoms with E-state index in [9.17, 15) is 0 Å². The third-order valence-electron chi connectivity index (χ3n) is 4.18. The van der Waals surface area contributed by atoms with Crippen molar-refractivity contribution < 1.29 is 0 Å². The Kier molecular flexibility index (Phi) is 8.27. The summed E-state index contributed by atoms with van der Waals surface area (Å²) >= 11 is 0. The predicted octanol–water partition coefficient (Wildman–Crippen LogP) is 4.14. The molecule has 1 aromatic carbocycles. The first-order valence-electron chi connectivity index (χ1n) is 7.41. The van der Waals surface area contributed by atoms with Gasteiger partial charge in [-0.3, -0.25) is 4.90 Å². The summed E-state index contributed by atoms with van der Waals surface area (Å²) in [6.45, 7) is 16.0. The van der Waals surface area contributed by atoms with E-state index in [0.29, 0.717) is 6.04 Å². The second-order valence-electron chi connectivity index (χ2n) is 6.90. The first kappa shape index (κ1) is 20.7. The van der Waals surface area contributed by atoms with Gasteiger partial charge in [0.1, 0.15) is 0 Å². The summed E-state index contributed by atoms with van der Waals surface area (Å²) in [5, 5.41) is 3.45.